The van der Waals surface area contributed by atoms with E-state index in [1.807, 2.05) is 0 Å². The summed E-state index contributed by atoms with van der Waals surface area (Å²) >= 11 is 0. The van der Waals surface area contributed by atoms with E-state index in [0.717, 1.165) is 0 Å². The maximum atomic E-state index is 13.4. The predicted octanol–water partition coefficient (Wildman–Crippen LogP) is 2.35. The van der Waals surface area contributed by atoms with Crippen LogP contribution >= 0.6 is 0 Å². The van der Waals surface area contributed by atoms with E-state index >= 15 is 0 Å². The third-order valence-corrected chi connectivity index (χ3v) is 2.77. The minimum Gasteiger partial charge on any atom is -0.435 e. The summed E-state index contributed by atoms with van der Waals surface area (Å²) in [5.41, 5.74) is 0.538. The number of furan rings is 1. The molecular weight excluding hydrogens is 275 g/mol. The van der Waals surface area contributed by atoms with Crippen LogP contribution in [0.3, 0.4) is 0 Å². The number of nitrogens with one attached hydrogen (secondary N) is 2. The van der Waals surface area contributed by atoms with Gasteiger partial charge in [-0.1, -0.05) is 18.2 Å². The van der Waals surface area contributed by atoms with E-state index in [0.29, 0.717) is 12.0 Å². The Morgan fingerprint density at radius 1 is 1.19 bits per heavy atom. The monoisotopic (exact) mass is 290 g/mol. The van der Waals surface area contributed by atoms with Crippen LogP contribution in [0.2, 0.25) is 0 Å². The first kappa shape index (κ1) is 14.8. The first-order valence-electron chi connectivity index (χ1n) is 6.45. The van der Waals surface area contributed by atoms with E-state index in [1.54, 1.807) is 18.2 Å². The lowest BCUT2D eigenvalue weighted by atomic mass is 10.1. The van der Waals surface area contributed by atoms with Gasteiger partial charge >= 0.3 is 0 Å². The summed E-state index contributed by atoms with van der Waals surface area (Å²) in [7, 11) is 0. The van der Waals surface area contributed by atoms with Crippen LogP contribution in [0.15, 0.2) is 40.8 Å². The molecule has 6 heteroatoms. The Morgan fingerprint density at radius 3 is 2.67 bits per heavy atom. The number of carbonyl (C=O) groups is 2. The number of carbonyl (C=O) groups excluding carboxylic acids is 2. The van der Waals surface area contributed by atoms with Gasteiger partial charge in [-0.15, -0.1) is 0 Å². The minimum absolute atomic E-state index is 0.0901. The van der Waals surface area contributed by atoms with Gasteiger partial charge in [0.25, 0.3) is 5.91 Å². The Bertz CT molecular complexity index is 652. The first-order chi connectivity index (χ1) is 10.1. The smallest absolute Gasteiger partial charge is 0.287 e. The summed E-state index contributed by atoms with van der Waals surface area (Å²) in [5.74, 6) is -0.689. The third-order valence-electron chi connectivity index (χ3n) is 2.77. The molecule has 1 heterocycles. The van der Waals surface area contributed by atoms with Gasteiger partial charge in [-0.05, 0) is 24.1 Å². The molecule has 2 rings (SSSR count). The van der Waals surface area contributed by atoms with Crippen LogP contribution in [0, 0.1) is 5.82 Å². The van der Waals surface area contributed by atoms with Gasteiger partial charge in [-0.25, -0.2) is 4.39 Å². The fraction of sp³-hybridized carbons (Fsp3) is 0.200. The highest BCUT2D eigenvalue weighted by molar-refractivity contribution is 5.93. The molecular formula is C15H15FN2O3. The Balaban J connectivity index is 1.86. The molecule has 21 heavy (non-hydrogen) atoms. The van der Waals surface area contributed by atoms with Gasteiger partial charge < -0.3 is 9.73 Å². The second kappa shape index (κ2) is 6.69. The van der Waals surface area contributed by atoms with E-state index in [4.69, 9.17) is 4.42 Å². The Hall–Kier alpha value is -2.63. The van der Waals surface area contributed by atoms with Crippen LogP contribution in [0.1, 0.15) is 23.0 Å². The predicted molar refractivity (Wildman–Crippen MR) is 75.4 cm³/mol. The van der Waals surface area contributed by atoms with Crippen LogP contribution in [0.4, 0.5) is 10.3 Å². The second-order valence-electron chi connectivity index (χ2n) is 4.44. The highest BCUT2D eigenvalue weighted by atomic mass is 19.1. The molecule has 2 amide bonds. The van der Waals surface area contributed by atoms with E-state index in [9.17, 15) is 14.0 Å². The fourth-order valence-electron chi connectivity index (χ4n) is 1.80. The van der Waals surface area contributed by atoms with Crippen molar-refractivity contribution in [2.75, 3.05) is 11.9 Å². The molecule has 0 saturated heterocycles. The summed E-state index contributed by atoms with van der Waals surface area (Å²) in [5, 5.41) is 5.06. The molecule has 110 valence electrons. The molecule has 0 saturated carbocycles. The lowest BCUT2D eigenvalue weighted by molar-refractivity contribution is -0.114. The molecule has 2 N–H and O–H groups in total. The van der Waals surface area contributed by atoms with Crippen LogP contribution in [-0.4, -0.2) is 18.4 Å². The van der Waals surface area contributed by atoms with E-state index < -0.39 is 5.91 Å². The molecule has 1 aromatic heterocycles. The number of hydrogen-bond acceptors (Lipinski definition) is 3. The molecule has 0 aliphatic rings. The van der Waals surface area contributed by atoms with Gasteiger partial charge in [0, 0.05) is 19.5 Å². The number of hydrogen-bond donors (Lipinski definition) is 2. The molecule has 1 aromatic carbocycles. The zero-order chi connectivity index (χ0) is 15.2. The first-order valence-corrected chi connectivity index (χ1v) is 6.45. The SMILES string of the molecule is CC(=O)Nc1ccc(C(=O)NCCc2ccccc2F)o1. The van der Waals surface area contributed by atoms with Gasteiger partial charge in [0.2, 0.25) is 5.91 Å². The maximum absolute atomic E-state index is 13.4. The summed E-state index contributed by atoms with van der Waals surface area (Å²) in [4.78, 5) is 22.7. The second-order valence-corrected chi connectivity index (χ2v) is 4.44. The average Bonchev–Trinajstić information content (AvgIpc) is 2.88. The minimum atomic E-state index is -0.414. The van der Waals surface area contributed by atoms with Crippen LogP contribution in [0.5, 0.6) is 0 Å². The Morgan fingerprint density at radius 2 is 1.95 bits per heavy atom. The molecule has 0 aliphatic carbocycles. The van der Waals surface area contributed by atoms with E-state index in [2.05, 4.69) is 10.6 Å². The maximum Gasteiger partial charge on any atom is 0.287 e. The fourth-order valence-corrected chi connectivity index (χ4v) is 1.80. The molecule has 0 spiro atoms. The van der Waals surface area contributed by atoms with Crippen molar-refractivity contribution in [3.8, 4) is 0 Å². The molecule has 5 nitrogen and oxygen atoms in total. The van der Waals surface area contributed by atoms with Crippen LogP contribution < -0.4 is 10.6 Å². The highest BCUT2D eigenvalue weighted by Gasteiger charge is 2.11. The summed E-state index contributed by atoms with van der Waals surface area (Å²) in [6.07, 6.45) is 0.387. The molecule has 0 unspecified atom stereocenters. The van der Waals surface area contributed by atoms with Crippen molar-refractivity contribution in [1.29, 1.82) is 0 Å². The van der Waals surface area contributed by atoms with Crippen molar-refractivity contribution in [3.05, 3.63) is 53.5 Å². The number of anilines is 1. The van der Waals surface area contributed by atoms with Gasteiger partial charge in [-0.2, -0.15) is 0 Å². The highest BCUT2D eigenvalue weighted by Crippen LogP contribution is 2.13. The van der Waals surface area contributed by atoms with E-state index in [1.165, 1.54) is 25.1 Å². The largest absolute Gasteiger partial charge is 0.435 e. The summed E-state index contributed by atoms with van der Waals surface area (Å²) < 4.78 is 18.6. The topological polar surface area (TPSA) is 71.3 Å². The van der Waals surface area contributed by atoms with Crippen molar-refractivity contribution >= 4 is 17.7 Å². The summed E-state index contributed by atoms with van der Waals surface area (Å²) in [6.45, 7) is 1.63. The van der Waals surface area contributed by atoms with Gasteiger partial charge in [0.15, 0.2) is 11.6 Å². The molecule has 2 aromatic rings. The van der Waals surface area contributed by atoms with Crippen molar-refractivity contribution in [1.82, 2.24) is 5.32 Å². The van der Waals surface area contributed by atoms with Crippen molar-refractivity contribution in [2.24, 2.45) is 0 Å². The molecule has 0 bridgehead atoms. The average molecular weight is 290 g/mol. The number of benzene rings is 1. The quantitative estimate of drug-likeness (QED) is 0.888. The lowest BCUT2D eigenvalue weighted by Gasteiger charge is -2.04. The standard InChI is InChI=1S/C15H15FN2O3/c1-10(19)18-14-7-6-13(21-14)15(20)17-9-8-11-4-2-3-5-12(11)16/h2-7H,8-9H2,1H3,(H,17,20)(H,18,19). The molecule has 0 atom stereocenters. The van der Waals surface area contributed by atoms with Crippen molar-refractivity contribution < 1.29 is 18.4 Å². The molecule has 0 fully saturated rings. The molecule has 0 radical (unpaired) electrons. The number of rotatable bonds is 5. The van der Waals surface area contributed by atoms with Gasteiger partial charge in [0.1, 0.15) is 5.82 Å². The number of amides is 2. The van der Waals surface area contributed by atoms with Gasteiger partial charge in [-0.3, -0.25) is 14.9 Å². The lowest BCUT2D eigenvalue weighted by Crippen LogP contribution is -2.25. The zero-order valence-corrected chi connectivity index (χ0v) is 11.5. The normalized spacial score (nSPS) is 10.2. The number of halogens is 1. The zero-order valence-electron chi connectivity index (χ0n) is 11.5. The van der Waals surface area contributed by atoms with E-state index in [-0.39, 0.29) is 29.9 Å². The van der Waals surface area contributed by atoms with Crippen LogP contribution in [0.25, 0.3) is 0 Å². The molecule has 0 aliphatic heterocycles. The van der Waals surface area contributed by atoms with Crippen molar-refractivity contribution in [3.63, 3.8) is 0 Å². The van der Waals surface area contributed by atoms with Gasteiger partial charge in [0.05, 0.1) is 0 Å². The summed E-state index contributed by atoms with van der Waals surface area (Å²) in [6, 6.07) is 9.36. The third kappa shape index (κ3) is 4.17. The van der Waals surface area contributed by atoms with Crippen molar-refractivity contribution in [2.45, 2.75) is 13.3 Å². The Labute approximate surface area is 121 Å². The Kier molecular flexibility index (Phi) is 4.71. The van der Waals surface area contributed by atoms with Crippen LogP contribution in [-0.2, 0) is 11.2 Å².